The normalized spacial score (nSPS) is 10.9. The largest absolute Gasteiger partial charge is 0.506 e. The highest BCUT2D eigenvalue weighted by atomic mass is 16.3. The maximum atomic E-state index is 12.3. The van der Waals surface area contributed by atoms with Gasteiger partial charge in [0.2, 0.25) is 0 Å². The molecule has 0 radical (unpaired) electrons. The highest BCUT2D eigenvalue weighted by Gasteiger charge is 2.11. The number of carbonyl (C=O) groups is 1. The van der Waals surface area contributed by atoms with Crippen molar-refractivity contribution in [2.75, 3.05) is 32.1 Å². The number of allylic oxidation sites excluding steroid dienone is 1. The molecule has 2 aromatic carbocycles. The lowest BCUT2D eigenvalue weighted by Crippen LogP contribution is -2.30. The van der Waals surface area contributed by atoms with E-state index in [9.17, 15) is 9.90 Å². The number of nitrogens with zero attached hydrogens (tertiary/aromatic N) is 2. The number of anilines is 1. The van der Waals surface area contributed by atoms with Gasteiger partial charge in [0, 0.05) is 32.7 Å². The van der Waals surface area contributed by atoms with E-state index in [1.54, 1.807) is 6.07 Å². The number of phenolic OH excluding ortho intramolecular Hbond substituents is 1. The Hall–Kier alpha value is -2.75. The monoisotopic (exact) mass is 352 g/mol. The lowest BCUT2D eigenvalue weighted by atomic mass is 10.1. The summed E-state index contributed by atoms with van der Waals surface area (Å²) in [5, 5.41) is 10.0. The maximum Gasteiger partial charge on any atom is 0.253 e. The number of amides is 1. The highest BCUT2D eigenvalue weighted by Crippen LogP contribution is 2.30. The molecule has 0 saturated heterocycles. The van der Waals surface area contributed by atoms with Crippen molar-refractivity contribution in [3.8, 4) is 5.75 Å². The maximum absolute atomic E-state index is 12.3. The number of para-hydroxylation sites is 1. The molecule has 0 fully saturated rings. The molecular formula is C22H28N2O2. The van der Waals surface area contributed by atoms with Crippen LogP contribution in [-0.4, -0.2) is 43.1 Å². The topological polar surface area (TPSA) is 43.8 Å². The molecule has 0 aliphatic rings. The summed E-state index contributed by atoms with van der Waals surface area (Å²) >= 11 is 0. The van der Waals surface area contributed by atoms with E-state index in [4.69, 9.17) is 0 Å². The van der Waals surface area contributed by atoms with Gasteiger partial charge < -0.3 is 14.9 Å². The molecule has 26 heavy (non-hydrogen) atoms. The molecule has 2 rings (SSSR count). The van der Waals surface area contributed by atoms with Gasteiger partial charge in [0.05, 0.1) is 5.69 Å². The van der Waals surface area contributed by atoms with Crippen LogP contribution in [0, 0.1) is 0 Å². The molecule has 0 spiro atoms. The van der Waals surface area contributed by atoms with Crippen LogP contribution in [0.4, 0.5) is 5.69 Å². The van der Waals surface area contributed by atoms with Crippen LogP contribution in [-0.2, 0) is 6.42 Å². The quantitative estimate of drug-likeness (QED) is 0.812. The van der Waals surface area contributed by atoms with E-state index in [1.807, 2.05) is 80.2 Å². The van der Waals surface area contributed by atoms with Crippen LogP contribution in [0.2, 0.25) is 0 Å². The zero-order valence-corrected chi connectivity index (χ0v) is 16.1. The summed E-state index contributed by atoms with van der Waals surface area (Å²) in [5.41, 5.74) is 3.68. The van der Waals surface area contributed by atoms with Crippen LogP contribution in [0.25, 0.3) is 6.08 Å². The number of aromatic hydroxyl groups is 1. The van der Waals surface area contributed by atoms with Gasteiger partial charge in [0.1, 0.15) is 5.75 Å². The summed E-state index contributed by atoms with van der Waals surface area (Å²) in [4.78, 5) is 16.1. The van der Waals surface area contributed by atoms with Gasteiger partial charge in [0.15, 0.2) is 0 Å². The smallest absolute Gasteiger partial charge is 0.253 e. The second kappa shape index (κ2) is 9.09. The fraction of sp³-hybridized carbons (Fsp3) is 0.318. The van der Waals surface area contributed by atoms with Gasteiger partial charge in [-0.15, -0.1) is 0 Å². The number of benzene rings is 2. The van der Waals surface area contributed by atoms with Crippen LogP contribution in [0.3, 0.4) is 0 Å². The molecule has 1 amide bonds. The zero-order chi connectivity index (χ0) is 19.1. The summed E-state index contributed by atoms with van der Waals surface area (Å²) in [5.74, 6) is 0.362. The molecule has 0 aliphatic heterocycles. The van der Waals surface area contributed by atoms with E-state index in [2.05, 4.69) is 6.08 Å². The van der Waals surface area contributed by atoms with Crippen molar-refractivity contribution < 1.29 is 9.90 Å². The molecule has 0 aliphatic carbocycles. The number of carbonyl (C=O) groups excluding carboxylic acids is 1. The van der Waals surface area contributed by atoms with Gasteiger partial charge in [-0.25, -0.2) is 0 Å². The van der Waals surface area contributed by atoms with Gasteiger partial charge >= 0.3 is 0 Å². The second-order valence-electron chi connectivity index (χ2n) is 6.39. The van der Waals surface area contributed by atoms with Crippen LogP contribution in [0.5, 0.6) is 5.75 Å². The molecule has 4 nitrogen and oxygen atoms in total. The van der Waals surface area contributed by atoms with Gasteiger partial charge in [-0.3, -0.25) is 4.79 Å². The fourth-order valence-corrected chi connectivity index (χ4v) is 3.01. The predicted molar refractivity (Wildman–Crippen MR) is 109 cm³/mol. The van der Waals surface area contributed by atoms with Crippen molar-refractivity contribution in [3.63, 3.8) is 0 Å². The molecule has 0 aromatic heterocycles. The average Bonchev–Trinajstić information content (AvgIpc) is 2.63. The fourth-order valence-electron chi connectivity index (χ4n) is 3.01. The van der Waals surface area contributed by atoms with E-state index in [0.29, 0.717) is 11.3 Å². The Balaban J connectivity index is 2.08. The Morgan fingerprint density at radius 3 is 2.27 bits per heavy atom. The van der Waals surface area contributed by atoms with Gasteiger partial charge in [-0.2, -0.15) is 0 Å². The third-order valence-electron chi connectivity index (χ3n) is 4.40. The summed E-state index contributed by atoms with van der Waals surface area (Å²) in [6.45, 7) is 5.41. The van der Waals surface area contributed by atoms with Crippen LogP contribution < -0.4 is 4.90 Å². The predicted octanol–water partition coefficient (Wildman–Crippen LogP) is 4.20. The Labute approximate surface area is 156 Å². The van der Waals surface area contributed by atoms with Crippen molar-refractivity contribution in [2.24, 2.45) is 0 Å². The first-order chi connectivity index (χ1) is 12.5. The Bertz CT molecular complexity index is 760. The number of rotatable bonds is 7. The highest BCUT2D eigenvalue weighted by molar-refractivity contribution is 5.94. The Morgan fingerprint density at radius 2 is 1.69 bits per heavy atom. The summed E-state index contributed by atoms with van der Waals surface area (Å²) in [7, 11) is 3.85. The third-order valence-corrected chi connectivity index (χ3v) is 4.40. The zero-order valence-electron chi connectivity index (χ0n) is 16.1. The number of hydrogen-bond acceptors (Lipinski definition) is 3. The van der Waals surface area contributed by atoms with Crippen molar-refractivity contribution in [1.29, 1.82) is 0 Å². The van der Waals surface area contributed by atoms with Crippen LogP contribution in [0.15, 0.2) is 48.5 Å². The first-order valence-electron chi connectivity index (χ1n) is 9.02. The molecule has 4 heteroatoms. The SMILES string of the molecule is CCN(CC)C(=O)c1ccc(/C=C\Cc2cccc(O)c2N(C)C)cc1. The molecular weight excluding hydrogens is 324 g/mol. The van der Waals surface area contributed by atoms with E-state index >= 15 is 0 Å². The van der Waals surface area contributed by atoms with Gasteiger partial charge in [0.25, 0.3) is 5.91 Å². The van der Waals surface area contributed by atoms with Crippen molar-refractivity contribution in [2.45, 2.75) is 20.3 Å². The average molecular weight is 352 g/mol. The van der Waals surface area contributed by atoms with Crippen molar-refractivity contribution in [3.05, 3.63) is 65.2 Å². The minimum absolute atomic E-state index is 0.0703. The lowest BCUT2D eigenvalue weighted by Gasteiger charge is -2.18. The molecule has 0 saturated carbocycles. The van der Waals surface area contributed by atoms with E-state index in [0.717, 1.165) is 36.3 Å². The van der Waals surface area contributed by atoms with Crippen LogP contribution in [0.1, 0.15) is 35.3 Å². The number of phenols is 1. The Morgan fingerprint density at radius 1 is 1.04 bits per heavy atom. The first-order valence-corrected chi connectivity index (χ1v) is 9.02. The van der Waals surface area contributed by atoms with Gasteiger partial charge in [-0.05, 0) is 49.6 Å². The molecule has 138 valence electrons. The van der Waals surface area contributed by atoms with Crippen molar-refractivity contribution in [1.82, 2.24) is 4.90 Å². The molecule has 0 atom stereocenters. The molecule has 2 aromatic rings. The summed E-state index contributed by atoms with van der Waals surface area (Å²) in [6.07, 6.45) is 4.83. The minimum atomic E-state index is 0.0703. The van der Waals surface area contributed by atoms with E-state index < -0.39 is 0 Å². The lowest BCUT2D eigenvalue weighted by molar-refractivity contribution is 0.0773. The summed E-state index contributed by atoms with van der Waals surface area (Å²) in [6, 6.07) is 13.3. The van der Waals surface area contributed by atoms with Gasteiger partial charge in [-0.1, -0.05) is 36.4 Å². The number of hydrogen-bond donors (Lipinski definition) is 1. The summed E-state index contributed by atoms with van der Waals surface area (Å²) < 4.78 is 0. The minimum Gasteiger partial charge on any atom is -0.506 e. The molecule has 0 heterocycles. The first kappa shape index (κ1) is 19.6. The molecule has 0 bridgehead atoms. The van der Waals surface area contributed by atoms with E-state index in [-0.39, 0.29) is 5.91 Å². The van der Waals surface area contributed by atoms with Crippen LogP contribution >= 0.6 is 0 Å². The van der Waals surface area contributed by atoms with E-state index in [1.165, 1.54) is 0 Å². The molecule has 0 unspecified atom stereocenters. The Kier molecular flexibility index (Phi) is 6.84. The molecule has 1 N–H and O–H groups in total. The second-order valence-corrected chi connectivity index (χ2v) is 6.39. The third kappa shape index (κ3) is 4.66. The standard InChI is InChI=1S/C22H28N2O2/c1-5-24(6-2)22(26)19-15-13-17(14-16-19)9-7-10-18-11-8-12-20(25)21(18)23(3)4/h7-9,11-16,25H,5-6,10H2,1-4H3/b9-7-. The van der Waals surface area contributed by atoms with Crippen molar-refractivity contribution >= 4 is 17.7 Å².